The van der Waals surface area contributed by atoms with Crippen LogP contribution in [0.2, 0.25) is 0 Å². The summed E-state index contributed by atoms with van der Waals surface area (Å²) in [6.45, 7) is 0.517. The topological polar surface area (TPSA) is 30.5 Å². The highest BCUT2D eigenvalue weighted by Crippen LogP contribution is 2.26. The first-order valence-corrected chi connectivity index (χ1v) is 5.32. The van der Waals surface area contributed by atoms with Gasteiger partial charge in [0.15, 0.2) is 23.3 Å². The van der Waals surface area contributed by atoms with Gasteiger partial charge >= 0.3 is 0 Å². The van der Waals surface area contributed by atoms with Crippen molar-refractivity contribution in [2.75, 3.05) is 38.8 Å². The molecule has 0 saturated heterocycles. The van der Waals surface area contributed by atoms with Crippen LogP contribution in [0.4, 0.5) is 27.6 Å². The van der Waals surface area contributed by atoms with Gasteiger partial charge in [0.1, 0.15) is 5.69 Å². The zero-order valence-corrected chi connectivity index (χ0v) is 10.0. The Labute approximate surface area is 106 Å². The third-order valence-corrected chi connectivity index (χ3v) is 2.19. The van der Waals surface area contributed by atoms with Gasteiger partial charge in [-0.2, -0.15) is 0 Å². The molecule has 0 aromatic heterocycles. The predicted octanol–water partition coefficient (Wildman–Crippen LogP) is 2.46. The van der Waals surface area contributed by atoms with E-state index < -0.39 is 34.8 Å². The van der Waals surface area contributed by atoms with Gasteiger partial charge in [0.25, 0.3) is 0 Å². The van der Waals surface area contributed by atoms with Crippen LogP contribution in [-0.4, -0.2) is 33.5 Å². The summed E-state index contributed by atoms with van der Waals surface area (Å²) < 4.78 is 74.4. The molecule has 0 spiro atoms. The van der Waals surface area contributed by atoms with Crippen molar-refractivity contribution in [1.29, 1.82) is 0 Å². The van der Waals surface area contributed by atoms with Crippen LogP contribution in [-0.2, 0) is 9.47 Å². The fourth-order valence-corrected chi connectivity index (χ4v) is 1.25. The van der Waals surface area contributed by atoms with Crippen LogP contribution in [0.1, 0.15) is 0 Å². The third kappa shape index (κ3) is 3.77. The number of benzene rings is 1. The van der Waals surface area contributed by atoms with E-state index in [2.05, 4.69) is 10.1 Å². The zero-order chi connectivity index (χ0) is 14.4. The first-order chi connectivity index (χ1) is 9.00. The number of hydrogen-bond acceptors (Lipinski definition) is 3. The third-order valence-electron chi connectivity index (χ3n) is 2.19. The average Bonchev–Trinajstić information content (AvgIpc) is 2.41. The van der Waals surface area contributed by atoms with Gasteiger partial charge < -0.3 is 14.8 Å². The van der Waals surface area contributed by atoms with Crippen LogP contribution in [0.3, 0.4) is 0 Å². The highest BCUT2D eigenvalue weighted by molar-refractivity contribution is 5.47. The molecule has 0 saturated carbocycles. The molecule has 0 unspecified atom stereocenters. The molecule has 108 valence electrons. The minimum atomic E-state index is -2.18. The summed E-state index contributed by atoms with van der Waals surface area (Å²) in [6, 6.07) is 0. The molecular formula is C11H12F5NO2. The normalized spacial score (nSPS) is 10.8. The number of methoxy groups -OCH3 is 1. The maximum atomic E-state index is 13.2. The second-order valence-electron chi connectivity index (χ2n) is 3.48. The van der Waals surface area contributed by atoms with E-state index >= 15 is 0 Å². The number of ether oxygens (including phenoxy) is 2. The van der Waals surface area contributed by atoms with Gasteiger partial charge in [-0.3, -0.25) is 0 Å². The maximum Gasteiger partial charge on any atom is 0.200 e. The average molecular weight is 285 g/mol. The number of anilines is 1. The van der Waals surface area contributed by atoms with Gasteiger partial charge in [0.05, 0.1) is 19.8 Å². The summed E-state index contributed by atoms with van der Waals surface area (Å²) in [4.78, 5) is 0. The summed E-state index contributed by atoms with van der Waals surface area (Å²) in [5.41, 5.74) is -1.06. The molecule has 0 aliphatic rings. The molecule has 0 aliphatic heterocycles. The van der Waals surface area contributed by atoms with Crippen LogP contribution in [0.5, 0.6) is 0 Å². The van der Waals surface area contributed by atoms with Crippen LogP contribution >= 0.6 is 0 Å². The van der Waals surface area contributed by atoms with E-state index in [4.69, 9.17) is 4.74 Å². The van der Waals surface area contributed by atoms with Crippen molar-refractivity contribution in [2.24, 2.45) is 0 Å². The SMILES string of the molecule is COCCOCCNc1c(F)c(F)c(F)c(F)c1F. The molecule has 8 heteroatoms. The minimum Gasteiger partial charge on any atom is -0.382 e. The molecule has 1 rings (SSSR count). The second-order valence-corrected chi connectivity index (χ2v) is 3.48. The van der Waals surface area contributed by atoms with Crippen molar-refractivity contribution < 1.29 is 31.4 Å². The Bertz CT molecular complexity index is 413. The van der Waals surface area contributed by atoms with Gasteiger partial charge in [0.2, 0.25) is 5.82 Å². The molecule has 0 bridgehead atoms. The molecule has 0 heterocycles. The Balaban J connectivity index is 2.64. The lowest BCUT2D eigenvalue weighted by Crippen LogP contribution is -2.15. The Kier molecular flexibility index (Phi) is 5.97. The number of rotatable bonds is 7. The van der Waals surface area contributed by atoms with Gasteiger partial charge in [-0.25, -0.2) is 22.0 Å². The van der Waals surface area contributed by atoms with Gasteiger partial charge in [-0.1, -0.05) is 0 Å². The van der Waals surface area contributed by atoms with E-state index in [1.165, 1.54) is 7.11 Å². The molecule has 0 fully saturated rings. The van der Waals surface area contributed by atoms with Gasteiger partial charge in [-0.05, 0) is 0 Å². The van der Waals surface area contributed by atoms with Crippen molar-refractivity contribution in [2.45, 2.75) is 0 Å². The Morgan fingerprint density at radius 2 is 1.32 bits per heavy atom. The monoisotopic (exact) mass is 285 g/mol. The summed E-state index contributed by atoms with van der Waals surface area (Å²) in [7, 11) is 1.47. The van der Waals surface area contributed by atoms with Crippen LogP contribution in [0.15, 0.2) is 0 Å². The summed E-state index contributed by atoms with van der Waals surface area (Å²) in [6.07, 6.45) is 0. The highest BCUT2D eigenvalue weighted by Gasteiger charge is 2.25. The molecule has 3 nitrogen and oxygen atoms in total. The van der Waals surface area contributed by atoms with Crippen molar-refractivity contribution in [3.05, 3.63) is 29.1 Å². The first-order valence-electron chi connectivity index (χ1n) is 5.32. The van der Waals surface area contributed by atoms with E-state index in [0.29, 0.717) is 6.61 Å². The number of halogens is 5. The second kappa shape index (κ2) is 7.25. The van der Waals surface area contributed by atoms with Crippen molar-refractivity contribution in [3.8, 4) is 0 Å². The molecule has 1 N–H and O–H groups in total. The van der Waals surface area contributed by atoms with E-state index in [9.17, 15) is 22.0 Å². The van der Waals surface area contributed by atoms with E-state index in [1.807, 2.05) is 0 Å². The largest absolute Gasteiger partial charge is 0.382 e. The molecule has 0 aliphatic carbocycles. The van der Waals surface area contributed by atoms with E-state index in [0.717, 1.165) is 0 Å². The first kappa shape index (κ1) is 15.6. The minimum absolute atomic E-state index is 0.0306. The van der Waals surface area contributed by atoms with E-state index in [1.54, 1.807) is 0 Å². The Morgan fingerprint density at radius 1 is 0.789 bits per heavy atom. The quantitative estimate of drug-likeness (QED) is 0.361. The molecule has 1 aromatic rings. The molecule has 1 aromatic carbocycles. The fraction of sp³-hybridized carbons (Fsp3) is 0.455. The lowest BCUT2D eigenvalue weighted by atomic mass is 10.2. The standard InChI is InChI=1S/C11H12F5NO2/c1-18-4-5-19-3-2-17-11-9(15)7(13)6(12)8(14)10(11)16/h17H,2-5H2,1H3. The molecule has 0 amide bonds. The zero-order valence-electron chi connectivity index (χ0n) is 10.0. The summed E-state index contributed by atoms with van der Waals surface area (Å²) in [5, 5.41) is 2.10. The van der Waals surface area contributed by atoms with Crippen molar-refractivity contribution in [3.63, 3.8) is 0 Å². The maximum absolute atomic E-state index is 13.2. The molecular weight excluding hydrogens is 273 g/mol. The number of hydrogen-bond donors (Lipinski definition) is 1. The molecule has 19 heavy (non-hydrogen) atoms. The molecule has 0 radical (unpaired) electrons. The van der Waals surface area contributed by atoms with E-state index in [-0.39, 0.29) is 19.8 Å². The van der Waals surface area contributed by atoms with Crippen molar-refractivity contribution in [1.82, 2.24) is 0 Å². The summed E-state index contributed by atoms with van der Waals surface area (Å²) in [5.74, 6) is -9.94. The fourth-order valence-electron chi connectivity index (χ4n) is 1.25. The lowest BCUT2D eigenvalue weighted by molar-refractivity contribution is 0.0758. The number of nitrogens with one attached hydrogen (secondary N) is 1. The molecule has 0 atom stereocenters. The highest BCUT2D eigenvalue weighted by atomic mass is 19.2. The lowest BCUT2D eigenvalue weighted by Gasteiger charge is -2.10. The smallest absolute Gasteiger partial charge is 0.200 e. The van der Waals surface area contributed by atoms with Crippen LogP contribution < -0.4 is 5.32 Å². The Hall–Kier alpha value is -1.41. The van der Waals surface area contributed by atoms with Crippen LogP contribution in [0.25, 0.3) is 0 Å². The summed E-state index contributed by atoms with van der Waals surface area (Å²) >= 11 is 0. The van der Waals surface area contributed by atoms with Gasteiger partial charge in [0, 0.05) is 13.7 Å². The Morgan fingerprint density at radius 3 is 1.84 bits per heavy atom. The van der Waals surface area contributed by atoms with Crippen LogP contribution in [0, 0.1) is 29.1 Å². The predicted molar refractivity (Wildman–Crippen MR) is 57.4 cm³/mol. The van der Waals surface area contributed by atoms with Crippen molar-refractivity contribution >= 4 is 5.69 Å². The van der Waals surface area contributed by atoms with Gasteiger partial charge in [-0.15, -0.1) is 0 Å².